The second kappa shape index (κ2) is 4.18. The van der Waals surface area contributed by atoms with Crippen molar-refractivity contribution in [2.24, 2.45) is 0 Å². The molecule has 2 rings (SSSR count). The first-order valence-electron chi connectivity index (χ1n) is 4.45. The van der Waals surface area contributed by atoms with E-state index in [1.165, 1.54) is 17.4 Å². The summed E-state index contributed by atoms with van der Waals surface area (Å²) in [4.78, 5) is 3.58. The summed E-state index contributed by atoms with van der Waals surface area (Å²) in [7, 11) is -4.63. The van der Waals surface area contributed by atoms with E-state index in [0.29, 0.717) is 5.52 Å². The van der Waals surface area contributed by atoms with Gasteiger partial charge in [-0.1, -0.05) is 0 Å². The smallest absolute Gasteiger partial charge is 0.240 e. The maximum absolute atomic E-state index is 12.4. The number of alkyl halides is 2. The SMILES string of the molecule is Cc1nc2c(S)c(S(=O)(=O)C(F)F)ccc2s1. The third kappa shape index (κ3) is 2.04. The van der Waals surface area contributed by atoms with Crippen LogP contribution >= 0.6 is 24.0 Å². The molecule has 0 aliphatic rings. The normalized spacial score (nSPS) is 12.5. The van der Waals surface area contributed by atoms with E-state index in [4.69, 9.17) is 0 Å². The van der Waals surface area contributed by atoms with Gasteiger partial charge in [0.2, 0.25) is 9.84 Å². The van der Waals surface area contributed by atoms with Crippen LogP contribution in [0.2, 0.25) is 0 Å². The predicted molar refractivity (Wildman–Crippen MR) is 64.8 cm³/mol. The van der Waals surface area contributed by atoms with Crippen LogP contribution < -0.4 is 0 Å². The fourth-order valence-electron chi connectivity index (χ4n) is 1.40. The molecule has 8 heteroatoms. The summed E-state index contributed by atoms with van der Waals surface area (Å²) in [5.41, 5.74) is 0.345. The maximum atomic E-state index is 12.4. The Morgan fingerprint density at radius 2 is 2.06 bits per heavy atom. The lowest BCUT2D eigenvalue weighted by atomic mass is 10.3. The third-order valence-electron chi connectivity index (χ3n) is 2.15. The van der Waals surface area contributed by atoms with Crippen LogP contribution in [0.4, 0.5) is 8.78 Å². The minimum Gasteiger partial charge on any atom is -0.240 e. The molecule has 0 amide bonds. The number of sulfone groups is 1. The molecule has 2 aromatic rings. The van der Waals surface area contributed by atoms with Crippen molar-refractivity contribution in [2.45, 2.75) is 22.5 Å². The molecule has 0 radical (unpaired) electrons. The highest BCUT2D eigenvalue weighted by atomic mass is 32.2. The number of nitrogens with zero attached hydrogens (tertiary/aromatic N) is 1. The van der Waals surface area contributed by atoms with Crippen molar-refractivity contribution in [3.8, 4) is 0 Å². The van der Waals surface area contributed by atoms with Crippen LogP contribution in [0.15, 0.2) is 21.9 Å². The molecule has 0 aliphatic heterocycles. The molecule has 0 fully saturated rings. The number of aromatic nitrogens is 1. The zero-order chi connectivity index (χ0) is 12.8. The van der Waals surface area contributed by atoms with Gasteiger partial charge in [-0.05, 0) is 19.1 Å². The summed E-state index contributed by atoms with van der Waals surface area (Å²) < 4.78 is 48.4. The average molecular weight is 295 g/mol. The summed E-state index contributed by atoms with van der Waals surface area (Å²) in [5.74, 6) is -3.45. The highest BCUT2D eigenvalue weighted by molar-refractivity contribution is 7.92. The third-order valence-corrected chi connectivity index (χ3v) is 5.11. The lowest BCUT2D eigenvalue weighted by molar-refractivity contribution is 0.234. The van der Waals surface area contributed by atoms with Gasteiger partial charge < -0.3 is 0 Å². The summed E-state index contributed by atoms with van der Waals surface area (Å²) in [6.45, 7) is 1.75. The number of hydrogen-bond acceptors (Lipinski definition) is 5. The Balaban J connectivity index is 2.77. The molecule has 92 valence electrons. The van der Waals surface area contributed by atoms with Gasteiger partial charge in [0, 0.05) is 0 Å². The molecule has 3 nitrogen and oxygen atoms in total. The van der Waals surface area contributed by atoms with Crippen LogP contribution in [0.1, 0.15) is 5.01 Å². The van der Waals surface area contributed by atoms with E-state index in [2.05, 4.69) is 17.6 Å². The van der Waals surface area contributed by atoms with E-state index in [9.17, 15) is 17.2 Å². The van der Waals surface area contributed by atoms with Gasteiger partial charge in [-0.15, -0.1) is 24.0 Å². The molecule has 1 aromatic heterocycles. The number of halogens is 2. The zero-order valence-electron chi connectivity index (χ0n) is 8.52. The quantitative estimate of drug-likeness (QED) is 0.867. The highest BCUT2D eigenvalue weighted by Gasteiger charge is 2.29. The topological polar surface area (TPSA) is 47.0 Å². The van der Waals surface area contributed by atoms with Gasteiger partial charge in [0.25, 0.3) is 0 Å². The number of rotatable bonds is 2. The van der Waals surface area contributed by atoms with E-state index >= 15 is 0 Å². The van der Waals surface area contributed by atoms with Crippen LogP contribution in [-0.2, 0) is 9.84 Å². The number of benzene rings is 1. The van der Waals surface area contributed by atoms with Crippen LogP contribution in [0.3, 0.4) is 0 Å². The second-order valence-corrected chi connectivity index (χ2v) is 6.87. The van der Waals surface area contributed by atoms with Crippen molar-refractivity contribution in [1.29, 1.82) is 0 Å². The van der Waals surface area contributed by atoms with Gasteiger partial charge in [-0.3, -0.25) is 0 Å². The Morgan fingerprint density at radius 1 is 1.41 bits per heavy atom. The van der Waals surface area contributed by atoms with Crippen molar-refractivity contribution in [2.75, 3.05) is 0 Å². The monoisotopic (exact) mass is 295 g/mol. The number of thiazole rings is 1. The Labute approximate surface area is 106 Å². The average Bonchev–Trinajstić information content (AvgIpc) is 2.59. The molecule has 0 N–H and O–H groups in total. The van der Waals surface area contributed by atoms with Crippen molar-refractivity contribution in [3.63, 3.8) is 0 Å². The van der Waals surface area contributed by atoms with Crippen molar-refractivity contribution >= 4 is 44.0 Å². The second-order valence-electron chi connectivity index (χ2n) is 3.30. The Hall–Kier alpha value is -0.730. The van der Waals surface area contributed by atoms with E-state index in [1.807, 2.05) is 0 Å². The van der Waals surface area contributed by atoms with Crippen LogP contribution in [0, 0.1) is 6.92 Å². The van der Waals surface area contributed by atoms with Gasteiger partial charge in [0.15, 0.2) is 0 Å². The summed E-state index contributed by atoms with van der Waals surface area (Å²) >= 11 is 5.35. The predicted octanol–water partition coefficient (Wildman–Crippen LogP) is 2.89. The van der Waals surface area contributed by atoms with Gasteiger partial charge in [-0.2, -0.15) is 8.78 Å². The molecule has 0 saturated heterocycles. The Morgan fingerprint density at radius 3 is 2.65 bits per heavy atom. The number of hydrogen-bond donors (Lipinski definition) is 1. The molecular formula is C9H7F2NO2S3. The molecule has 1 heterocycles. The van der Waals surface area contributed by atoms with Crippen molar-refractivity contribution in [3.05, 3.63) is 17.1 Å². The molecule has 0 saturated carbocycles. The minimum atomic E-state index is -4.63. The fourth-order valence-corrected chi connectivity index (χ4v) is 3.75. The molecular weight excluding hydrogens is 288 g/mol. The number of fused-ring (bicyclic) bond motifs is 1. The van der Waals surface area contributed by atoms with E-state index in [0.717, 1.165) is 15.8 Å². The van der Waals surface area contributed by atoms with Gasteiger partial charge in [0.1, 0.15) is 0 Å². The lowest BCUT2D eigenvalue weighted by Crippen LogP contribution is -2.12. The van der Waals surface area contributed by atoms with E-state index in [-0.39, 0.29) is 4.90 Å². The minimum absolute atomic E-state index is 0.0212. The van der Waals surface area contributed by atoms with Crippen molar-refractivity contribution < 1.29 is 17.2 Å². The molecule has 0 spiro atoms. The number of aryl methyl sites for hydroxylation is 1. The molecule has 0 bridgehead atoms. The van der Waals surface area contributed by atoms with Gasteiger partial charge in [0.05, 0.1) is 25.0 Å². The standard InChI is InChI=1S/C9H7F2NO2S3/c1-4-12-7-5(16-4)2-3-6(8(7)15)17(13,14)9(10)11/h2-3,9,15H,1H3. The summed E-state index contributed by atoms with van der Waals surface area (Å²) in [6, 6.07) is 2.61. The fraction of sp³-hybridized carbons (Fsp3) is 0.222. The lowest BCUT2D eigenvalue weighted by Gasteiger charge is -2.05. The number of thiol groups is 1. The molecule has 1 aromatic carbocycles. The Bertz CT molecular complexity index is 679. The first-order valence-corrected chi connectivity index (χ1v) is 7.26. The van der Waals surface area contributed by atoms with Gasteiger partial charge in [-0.25, -0.2) is 13.4 Å². The summed E-state index contributed by atoms with van der Waals surface area (Å²) in [6.07, 6.45) is 0. The maximum Gasteiger partial charge on any atom is 0.341 e. The molecule has 0 unspecified atom stereocenters. The van der Waals surface area contributed by atoms with Crippen LogP contribution in [0.25, 0.3) is 10.2 Å². The zero-order valence-corrected chi connectivity index (χ0v) is 11.0. The molecule has 0 aliphatic carbocycles. The molecule has 0 atom stereocenters. The summed E-state index contributed by atoms with van der Waals surface area (Å²) in [5, 5.41) is 0.724. The van der Waals surface area contributed by atoms with E-state index < -0.39 is 20.5 Å². The van der Waals surface area contributed by atoms with Crippen LogP contribution in [0.5, 0.6) is 0 Å². The van der Waals surface area contributed by atoms with E-state index in [1.54, 1.807) is 6.92 Å². The first-order chi connectivity index (χ1) is 7.84. The highest BCUT2D eigenvalue weighted by Crippen LogP contribution is 2.33. The first kappa shape index (κ1) is 12.7. The Kier molecular flexibility index (Phi) is 3.13. The van der Waals surface area contributed by atoms with Crippen LogP contribution in [-0.4, -0.2) is 19.2 Å². The van der Waals surface area contributed by atoms with Crippen molar-refractivity contribution in [1.82, 2.24) is 4.98 Å². The largest absolute Gasteiger partial charge is 0.341 e. The van der Waals surface area contributed by atoms with Gasteiger partial charge >= 0.3 is 5.76 Å². The molecule has 17 heavy (non-hydrogen) atoms.